The Morgan fingerprint density at radius 2 is 1.71 bits per heavy atom. The largest absolute Gasteiger partial charge is 0.416 e. The number of nitrogens with zero attached hydrogens (tertiary/aromatic N) is 4. The van der Waals surface area contributed by atoms with Gasteiger partial charge in [-0.05, 0) is 36.3 Å². The second kappa shape index (κ2) is 7.68. The van der Waals surface area contributed by atoms with Gasteiger partial charge in [-0.25, -0.2) is 23.3 Å². The highest BCUT2D eigenvalue weighted by Crippen LogP contribution is 2.31. The average Bonchev–Trinajstić information content (AvgIpc) is 3.15. The third-order valence-electron chi connectivity index (χ3n) is 4.31. The summed E-state index contributed by atoms with van der Waals surface area (Å²) in [6, 6.07) is 9.83. The topological polar surface area (TPSA) is 69.1 Å². The Kier molecular flexibility index (Phi) is 5.02. The fourth-order valence-corrected chi connectivity index (χ4v) is 2.81. The van der Waals surface area contributed by atoms with E-state index in [1.165, 1.54) is 24.4 Å². The maximum Gasteiger partial charge on any atom is 0.416 e. The van der Waals surface area contributed by atoms with Crippen LogP contribution in [0.15, 0.2) is 54.7 Å². The molecule has 0 bridgehead atoms. The summed E-state index contributed by atoms with van der Waals surface area (Å²) < 4.78 is 66.5. The predicted molar refractivity (Wildman–Crippen MR) is 103 cm³/mol. The Balaban J connectivity index is 1.75. The zero-order chi connectivity index (χ0) is 22.2. The van der Waals surface area contributed by atoms with Gasteiger partial charge in [-0.2, -0.15) is 18.3 Å². The molecule has 1 aromatic carbocycles. The first-order chi connectivity index (χ1) is 14.7. The number of nitrogen functional groups attached to an aromatic ring is 1. The van der Waals surface area contributed by atoms with E-state index < -0.39 is 23.9 Å². The van der Waals surface area contributed by atoms with Gasteiger partial charge in [0.05, 0.1) is 11.3 Å². The molecule has 5 nitrogen and oxygen atoms in total. The van der Waals surface area contributed by atoms with Gasteiger partial charge in [0.2, 0.25) is 0 Å². The van der Waals surface area contributed by atoms with Crippen molar-refractivity contribution < 1.29 is 22.0 Å². The number of pyridine rings is 1. The number of halogens is 5. The van der Waals surface area contributed by atoms with Crippen molar-refractivity contribution in [2.24, 2.45) is 0 Å². The lowest BCUT2D eigenvalue weighted by Crippen LogP contribution is -2.05. The van der Waals surface area contributed by atoms with Gasteiger partial charge in [-0.1, -0.05) is 18.1 Å². The molecule has 0 fully saturated rings. The monoisotopic (exact) mass is 429 g/mol. The number of alkyl halides is 5. The van der Waals surface area contributed by atoms with Gasteiger partial charge in [-0.3, -0.25) is 0 Å². The summed E-state index contributed by atoms with van der Waals surface area (Å²) in [5.41, 5.74) is 5.41. The molecule has 156 valence electrons. The van der Waals surface area contributed by atoms with Crippen molar-refractivity contribution in [2.45, 2.75) is 12.6 Å². The fraction of sp³-hybridized carbons (Fsp3) is 0.0952. The van der Waals surface area contributed by atoms with Crippen LogP contribution in [0.2, 0.25) is 0 Å². The zero-order valence-corrected chi connectivity index (χ0v) is 15.5. The summed E-state index contributed by atoms with van der Waals surface area (Å²) in [6.45, 7) is 0. The second-order valence-electron chi connectivity index (χ2n) is 6.46. The number of nitrogens with two attached hydrogens (primary N) is 1. The van der Waals surface area contributed by atoms with E-state index in [0.717, 1.165) is 22.7 Å². The molecule has 0 aliphatic rings. The first-order valence-corrected chi connectivity index (χ1v) is 8.81. The van der Waals surface area contributed by atoms with Gasteiger partial charge in [0.15, 0.2) is 5.65 Å². The second-order valence-corrected chi connectivity index (χ2v) is 6.46. The van der Waals surface area contributed by atoms with Gasteiger partial charge in [-0.15, -0.1) is 0 Å². The molecule has 0 radical (unpaired) electrons. The molecular formula is C21H12F5N5. The molecule has 0 spiro atoms. The molecule has 2 N–H and O–H groups in total. The van der Waals surface area contributed by atoms with Crippen molar-refractivity contribution in [3.63, 3.8) is 0 Å². The number of rotatable bonds is 2. The smallest absolute Gasteiger partial charge is 0.384 e. The lowest BCUT2D eigenvalue weighted by molar-refractivity contribution is -0.137. The van der Waals surface area contributed by atoms with E-state index in [9.17, 15) is 22.0 Å². The molecule has 4 rings (SSSR count). The molecule has 0 saturated heterocycles. The van der Waals surface area contributed by atoms with E-state index in [2.05, 4.69) is 26.9 Å². The number of fused-ring (bicyclic) bond motifs is 1. The molecule has 4 aromatic rings. The van der Waals surface area contributed by atoms with Crippen molar-refractivity contribution in [2.75, 3.05) is 5.73 Å². The highest BCUT2D eigenvalue weighted by Gasteiger charge is 2.30. The summed E-state index contributed by atoms with van der Waals surface area (Å²) in [5.74, 6) is 5.88. The maximum atomic E-state index is 13.6. The van der Waals surface area contributed by atoms with Crippen LogP contribution in [0.3, 0.4) is 0 Å². The van der Waals surface area contributed by atoms with Gasteiger partial charge in [0.1, 0.15) is 17.2 Å². The molecule has 0 amide bonds. The van der Waals surface area contributed by atoms with Gasteiger partial charge in [0.25, 0.3) is 6.43 Å². The van der Waals surface area contributed by atoms with E-state index >= 15 is 0 Å². The third-order valence-corrected chi connectivity index (χ3v) is 4.31. The SMILES string of the molecule is Nc1ccc(C#Cc2cc3nc(-c4ccc(C(F)(F)F)cc4)cc(C(F)F)n3n2)cn1. The van der Waals surface area contributed by atoms with Crippen LogP contribution in [0, 0.1) is 11.8 Å². The summed E-state index contributed by atoms with van der Waals surface area (Å²) in [5, 5.41) is 4.05. The van der Waals surface area contributed by atoms with Crippen LogP contribution in [0.5, 0.6) is 0 Å². The number of aromatic nitrogens is 4. The Hall–Kier alpha value is -4.00. The minimum Gasteiger partial charge on any atom is -0.384 e. The Bertz CT molecular complexity index is 1300. The number of hydrogen-bond acceptors (Lipinski definition) is 4. The van der Waals surface area contributed by atoms with Crippen molar-refractivity contribution in [3.8, 4) is 23.1 Å². The minimum absolute atomic E-state index is 0.0902. The molecule has 0 atom stereocenters. The summed E-state index contributed by atoms with van der Waals surface area (Å²) in [6.07, 6.45) is -5.92. The van der Waals surface area contributed by atoms with Gasteiger partial charge in [0, 0.05) is 23.4 Å². The van der Waals surface area contributed by atoms with E-state index in [1.807, 2.05) is 0 Å². The minimum atomic E-state index is -4.50. The summed E-state index contributed by atoms with van der Waals surface area (Å²) in [7, 11) is 0. The number of benzene rings is 1. The standard InChI is InChI=1S/C21H12F5N5/c22-20(23)17-10-16(13-3-5-14(6-4-13)21(24,25)26)29-19-9-15(30-31(17)19)7-1-12-2-8-18(27)28-11-12/h2-6,8-11,20H,(H2,27,28). The van der Waals surface area contributed by atoms with Crippen LogP contribution >= 0.6 is 0 Å². The highest BCUT2D eigenvalue weighted by molar-refractivity contribution is 5.63. The Labute approximate surface area is 172 Å². The van der Waals surface area contributed by atoms with Crippen LogP contribution < -0.4 is 5.73 Å². The lowest BCUT2D eigenvalue weighted by atomic mass is 10.1. The number of anilines is 1. The Morgan fingerprint density at radius 1 is 0.968 bits per heavy atom. The zero-order valence-electron chi connectivity index (χ0n) is 15.5. The van der Waals surface area contributed by atoms with Crippen molar-refractivity contribution in [1.29, 1.82) is 0 Å². The third kappa shape index (κ3) is 4.30. The Morgan fingerprint density at radius 3 is 2.32 bits per heavy atom. The summed E-state index contributed by atoms with van der Waals surface area (Å²) >= 11 is 0. The van der Waals surface area contributed by atoms with Crippen LogP contribution in [0.25, 0.3) is 16.9 Å². The van der Waals surface area contributed by atoms with Crippen molar-refractivity contribution in [1.82, 2.24) is 19.6 Å². The summed E-state index contributed by atoms with van der Waals surface area (Å²) in [4.78, 5) is 8.16. The molecule has 0 aliphatic heterocycles. The first-order valence-electron chi connectivity index (χ1n) is 8.81. The van der Waals surface area contributed by atoms with E-state index in [-0.39, 0.29) is 22.6 Å². The normalized spacial score (nSPS) is 11.5. The van der Waals surface area contributed by atoms with Crippen LogP contribution in [-0.2, 0) is 6.18 Å². The van der Waals surface area contributed by atoms with Crippen LogP contribution in [0.4, 0.5) is 27.8 Å². The molecule has 0 aliphatic carbocycles. The fourth-order valence-electron chi connectivity index (χ4n) is 2.81. The lowest BCUT2D eigenvalue weighted by Gasteiger charge is -2.09. The molecule has 31 heavy (non-hydrogen) atoms. The highest BCUT2D eigenvalue weighted by atomic mass is 19.4. The molecule has 0 saturated carbocycles. The van der Waals surface area contributed by atoms with Gasteiger partial charge >= 0.3 is 6.18 Å². The number of hydrogen-bond donors (Lipinski definition) is 1. The maximum absolute atomic E-state index is 13.6. The quantitative estimate of drug-likeness (QED) is 0.370. The molecule has 0 unspecified atom stereocenters. The first kappa shape index (κ1) is 20.3. The molecule has 3 heterocycles. The molecule has 10 heteroatoms. The average molecular weight is 429 g/mol. The van der Waals surface area contributed by atoms with Gasteiger partial charge < -0.3 is 5.73 Å². The van der Waals surface area contributed by atoms with Crippen LogP contribution in [-0.4, -0.2) is 19.6 Å². The van der Waals surface area contributed by atoms with E-state index in [4.69, 9.17) is 5.73 Å². The molecular weight excluding hydrogens is 417 g/mol. The van der Waals surface area contributed by atoms with Crippen LogP contribution in [0.1, 0.15) is 28.9 Å². The van der Waals surface area contributed by atoms with Crippen molar-refractivity contribution in [3.05, 3.63) is 77.2 Å². The van der Waals surface area contributed by atoms with E-state index in [1.54, 1.807) is 12.1 Å². The molecule has 3 aromatic heterocycles. The van der Waals surface area contributed by atoms with E-state index in [0.29, 0.717) is 11.4 Å². The van der Waals surface area contributed by atoms with Crippen molar-refractivity contribution >= 4 is 11.5 Å². The predicted octanol–water partition coefficient (Wildman–Crippen LogP) is 4.73.